The highest BCUT2D eigenvalue weighted by Gasteiger charge is 2.08. The summed E-state index contributed by atoms with van der Waals surface area (Å²) < 4.78 is 4.99. The molecule has 1 heterocycles. The Bertz CT molecular complexity index is 876. The van der Waals surface area contributed by atoms with Gasteiger partial charge in [-0.25, -0.2) is 0 Å². The molecule has 0 radical (unpaired) electrons. The summed E-state index contributed by atoms with van der Waals surface area (Å²) in [5.41, 5.74) is 1.92. The lowest BCUT2D eigenvalue weighted by Gasteiger charge is -2.08. The molecular formula is C17H13Cl2N3O2. The second kappa shape index (κ2) is 6.95. The number of halogens is 2. The molecule has 0 saturated heterocycles. The number of hydrogen-bond donors (Lipinski definition) is 2. The third-order valence-electron chi connectivity index (χ3n) is 3.22. The lowest BCUT2D eigenvalue weighted by atomic mass is 10.2. The van der Waals surface area contributed by atoms with E-state index >= 15 is 0 Å². The van der Waals surface area contributed by atoms with Gasteiger partial charge in [-0.3, -0.25) is 4.79 Å². The molecule has 3 rings (SSSR count). The SMILES string of the molecule is Cc1cc(Nc2ccc(NC(=O)c3ccc(Cl)c(Cl)c3)cc2)no1. The van der Waals surface area contributed by atoms with Crippen molar-refractivity contribution >= 4 is 46.3 Å². The highest BCUT2D eigenvalue weighted by Crippen LogP contribution is 2.23. The molecule has 1 aromatic heterocycles. The molecule has 122 valence electrons. The molecule has 0 atom stereocenters. The molecule has 0 aliphatic rings. The number of carbonyl (C=O) groups excluding carboxylic acids is 1. The van der Waals surface area contributed by atoms with E-state index in [2.05, 4.69) is 15.8 Å². The van der Waals surface area contributed by atoms with Gasteiger partial charge in [0.1, 0.15) is 5.76 Å². The first-order valence-electron chi connectivity index (χ1n) is 7.08. The number of amides is 1. The van der Waals surface area contributed by atoms with Crippen LogP contribution in [0.5, 0.6) is 0 Å². The third-order valence-corrected chi connectivity index (χ3v) is 3.96. The molecule has 0 bridgehead atoms. The van der Waals surface area contributed by atoms with Crippen molar-refractivity contribution in [2.24, 2.45) is 0 Å². The van der Waals surface area contributed by atoms with E-state index in [1.165, 1.54) is 6.07 Å². The summed E-state index contributed by atoms with van der Waals surface area (Å²) in [4.78, 5) is 12.2. The minimum Gasteiger partial charge on any atom is -0.360 e. The van der Waals surface area contributed by atoms with Crippen molar-refractivity contribution < 1.29 is 9.32 Å². The topological polar surface area (TPSA) is 67.2 Å². The van der Waals surface area contributed by atoms with E-state index in [0.29, 0.717) is 27.1 Å². The largest absolute Gasteiger partial charge is 0.360 e. The fourth-order valence-corrected chi connectivity index (χ4v) is 2.35. The molecule has 0 aliphatic carbocycles. The predicted molar refractivity (Wildman–Crippen MR) is 95.4 cm³/mol. The van der Waals surface area contributed by atoms with Gasteiger partial charge in [0.2, 0.25) is 0 Å². The van der Waals surface area contributed by atoms with Crippen LogP contribution in [0.25, 0.3) is 0 Å². The average molecular weight is 362 g/mol. The Balaban J connectivity index is 1.67. The Morgan fingerprint density at radius 1 is 1.00 bits per heavy atom. The highest BCUT2D eigenvalue weighted by atomic mass is 35.5. The Hall–Kier alpha value is -2.50. The minimum absolute atomic E-state index is 0.263. The quantitative estimate of drug-likeness (QED) is 0.662. The number of aryl methyl sites for hydroxylation is 1. The van der Waals surface area contributed by atoms with Crippen LogP contribution in [0.2, 0.25) is 10.0 Å². The van der Waals surface area contributed by atoms with E-state index in [1.54, 1.807) is 30.3 Å². The van der Waals surface area contributed by atoms with Crippen LogP contribution < -0.4 is 10.6 Å². The lowest BCUT2D eigenvalue weighted by molar-refractivity contribution is 0.102. The van der Waals surface area contributed by atoms with Crippen molar-refractivity contribution in [3.05, 3.63) is 69.9 Å². The van der Waals surface area contributed by atoms with E-state index in [1.807, 2.05) is 19.1 Å². The highest BCUT2D eigenvalue weighted by molar-refractivity contribution is 6.42. The first-order valence-corrected chi connectivity index (χ1v) is 7.84. The summed E-state index contributed by atoms with van der Waals surface area (Å²) in [6.07, 6.45) is 0. The standard InChI is InChI=1S/C17H13Cl2N3O2/c1-10-8-16(22-24-10)20-12-3-5-13(6-4-12)21-17(23)11-2-7-14(18)15(19)9-11/h2-9H,1H3,(H,20,22)(H,21,23). The van der Waals surface area contributed by atoms with E-state index in [-0.39, 0.29) is 5.91 Å². The fraction of sp³-hybridized carbons (Fsp3) is 0.0588. The Morgan fingerprint density at radius 2 is 1.71 bits per heavy atom. The first-order chi connectivity index (χ1) is 11.5. The van der Waals surface area contributed by atoms with Crippen LogP contribution in [0.3, 0.4) is 0 Å². The van der Waals surface area contributed by atoms with Crippen molar-refractivity contribution in [2.75, 3.05) is 10.6 Å². The van der Waals surface area contributed by atoms with Crippen LogP contribution in [0.4, 0.5) is 17.2 Å². The predicted octanol–water partition coefficient (Wildman–Crippen LogP) is 5.29. The molecule has 5 nitrogen and oxygen atoms in total. The van der Waals surface area contributed by atoms with Gasteiger partial charge in [-0.1, -0.05) is 28.4 Å². The number of nitrogens with zero attached hydrogens (tertiary/aromatic N) is 1. The van der Waals surface area contributed by atoms with Gasteiger partial charge in [-0.2, -0.15) is 0 Å². The molecular weight excluding hydrogens is 349 g/mol. The Kier molecular flexibility index (Phi) is 4.74. The zero-order chi connectivity index (χ0) is 17.1. The summed E-state index contributed by atoms with van der Waals surface area (Å²) >= 11 is 11.8. The van der Waals surface area contributed by atoms with E-state index in [9.17, 15) is 4.79 Å². The van der Waals surface area contributed by atoms with Gasteiger partial charge in [0, 0.05) is 23.0 Å². The van der Waals surface area contributed by atoms with Crippen LogP contribution in [-0.4, -0.2) is 11.1 Å². The number of hydrogen-bond acceptors (Lipinski definition) is 4. The number of anilines is 3. The summed E-state index contributed by atoms with van der Waals surface area (Å²) in [5, 5.41) is 10.5. The molecule has 2 N–H and O–H groups in total. The monoisotopic (exact) mass is 361 g/mol. The summed E-state index contributed by atoms with van der Waals surface area (Å²) in [7, 11) is 0. The van der Waals surface area contributed by atoms with Crippen LogP contribution >= 0.6 is 23.2 Å². The molecule has 24 heavy (non-hydrogen) atoms. The maximum absolute atomic E-state index is 12.2. The van der Waals surface area contributed by atoms with Crippen LogP contribution in [0.1, 0.15) is 16.1 Å². The normalized spacial score (nSPS) is 10.5. The molecule has 7 heteroatoms. The van der Waals surface area contributed by atoms with Gasteiger partial charge in [-0.15, -0.1) is 0 Å². The van der Waals surface area contributed by atoms with E-state index < -0.39 is 0 Å². The van der Waals surface area contributed by atoms with Crippen molar-refractivity contribution in [1.82, 2.24) is 5.16 Å². The summed E-state index contributed by atoms with van der Waals surface area (Å²) in [6.45, 7) is 1.82. The minimum atomic E-state index is -0.263. The van der Waals surface area contributed by atoms with Gasteiger partial charge >= 0.3 is 0 Å². The smallest absolute Gasteiger partial charge is 0.255 e. The van der Waals surface area contributed by atoms with E-state index in [4.69, 9.17) is 27.7 Å². The number of carbonyl (C=O) groups is 1. The second-order valence-corrected chi connectivity index (χ2v) is 5.92. The van der Waals surface area contributed by atoms with Crippen molar-refractivity contribution in [3.63, 3.8) is 0 Å². The summed E-state index contributed by atoms with van der Waals surface area (Å²) in [5.74, 6) is 1.09. The molecule has 0 spiro atoms. The van der Waals surface area contributed by atoms with Gasteiger partial charge in [0.05, 0.1) is 10.0 Å². The number of nitrogens with one attached hydrogen (secondary N) is 2. The fourth-order valence-electron chi connectivity index (χ4n) is 2.05. The van der Waals surface area contributed by atoms with Gasteiger partial charge in [-0.05, 0) is 49.4 Å². The number of aromatic nitrogens is 1. The molecule has 0 aliphatic heterocycles. The van der Waals surface area contributed by atoms with Gasteiger partial charge < -0.3 is 15.2 Å². The van der Waals surface area contributed by atoms with Crippen LogP contribution in [0.15, 0.2) is 53.1 Å². The van der Waals surface area contributed by atoms with Crippen LogP contribution in [0, 0.1) is 6.92 Å². The number of rotatable bonds is 4. The number of benzene rings is 2. The zero-order valence-corrected chi connectivity index (χ0v) is 14.2. The van der Waals surface area contributed by atoms with Crippen molar-refractivity contribution in [3.8, 4) is 0 Å². The second-order valence-electron chi connectivity index (χ2n) is 5.11. The molecule has 2 aromatic carbocycles. The maximum atomic E-state index is 12.2. The molecule has 0 unspecified atom stereocenters. The van der Waals surface area contributed by atoms with Crippen molar-refractivity contribution in [2.45, 2.75) is 6.92 Å². The maximum Gasteiger partial charge on any atom is 0.255 e. The van der Waals surface area contributed by atoms with Crippen LogP contribution in [-0.2, 0) is 0 Å². The zero-order valence-electron chi connectivity index (χ0n) is 12.6. The summed E-state index contributed by atoms with van der Waals surface area (Å²) in [6, 6.07) is 13.7. The molecule has 3 aromatic rings. The first kappa shape index (κ1) is 16.4. The molecule has 0 fully saturated rings. The lowest BCUT2D eigenvalue weighted by Crippen LogP contribution is -2.11. The van der Waals surface area contributed by atoms with Gasteiger partial charge in [0.15, 0.2) is 5.82 Å². The Morgan fingerprint density at radius 3 is 2.33 bits per heavy atom. The third kappa shape index (κ3) is 3.88. The van der Waals surface area contributed by atoms with Gasteiger partial charge in [0.25, 0.3) is 5.91 Å². The average Bonchev–Trinajstić information content (AvgIpc) is 2.97. The Labute approximate surface area is 148 Å². The van der Waals surface area contributed by atoms with E-state index in [0.717, 1.165) is 11.4 Å². The molecule has 1 amide bonds. The van der Waals surface area contributed by atoms with Crippen molar-refractivity contribution in [1.29, 1.82) is 0 Å². The molecule has 0 saturated carbocycles.